The average Bonchev–Trinajstić information content (AvgIpc) is 2.57. The first-order valence-electron chi connectivity index (χ1n) is 7.71. The molecule has 0 radical (unpaired) electrons. The lowest BCUT2D eigenvalue weighted by atomic mass is 10.1. The van der Waals surface area contributed by atoms with Gasteiger partial charge in [-0.25, -0.2) is 0 Å². The van der Waals surface area contributed by atoms with E-state index in [9.17, 15) is 4.79 Å². The van der Waals surface area contributed by atoms with E-state index in [0.717, 1.165) is 16.1 Å². The number of ether oxygens (including phenoxy) is 2. The van der Waals surface area contributed by atoms with Crippen molar-refractivity contribution in [3.63, 3.8) is 0 Å². The maximum atomic E-state index is 12.4. The predicted molar refractivity (Wildman–Crippen MR) is 99.4 cm³/mol. The number of methoxy groups -OCH3 is 2. The normalized spacial score (nSPS) is 11.7. The van der Waals surface area contributed by atoms with E-state index in [1.807, 2.05) is 51.1 Å². The molecule has 0 heterocycles. The average molecular weight is 345 g/mol. The molecule has 0 bridgehead atoms. The second-order valence-electron chi connectivity index (χ2n) is 5.58. The molecule has 0 aromatic heterocycles. The van der Waals surface area contributed by atoms with Crippen LogP contribution in [0.2, 0.25) is 0 Å². The molecule has 0 aliphatic heterocycles. The summed E-state index contributed by atoms with van der Waals surface area (Å²) in [4.78, 5) is 13.4. The molecule has 24 heavy (non-hydrogen) atoms. The van der Waals surface area contributed by atoms with Gasteiger partial charge < -0.3 is 14.8 Å². The van der Waals surface area contributed by atoms with Crippen molar-refractivity contribution in [2.24, 2.45) is 0 Å². The van der Waals surface area contributed by atoms with E-state index in [-0.39, 0.29) is 11.2 Å². The van der Waals surface area contributed by atoms with Crippen LogP contribution in [-0.2, 0) is 4.79 Å². The molecule has 1 amide bonds. The summed E-state index contributed by atoms with van der Waals surface area (Å²) in [5.41, 5.74) is 3.09. The van der Waals surface area contributed by atoms with Gasteiger partial charge in [-0.3, -0.25) is 4.79 Å². The molecule has 1 N–H and O–H groups in total. The van der Waals surface area contributed by atoms with E-state index < -0.39 is 0 Å². The molecular weight excluding hydrogens is 322 g/mol. The summed E-state index contributed by atoms with van der Waals surface area (Å²) in [6.07, 6.45) is 0. The van der Waals surface area contributed by atoms with Crippen molar-refractivity contribution in [2.45, 2.75) is 30.9 Å². The van der Waals surface area contributed by atoms with Crippen molar-refractivity contribution in [3.8, 4) is 11.5 Å². The highest BCUT2D eigenvalue weighted by atomic mass is 32.2. The Morgan fingerprint density at radius 1 is 1.04 bits per heavy atom. The van der Waals surface area contributed by atoms with Crippen LogP contribution in [0.5, 0.6) is 11.5 Å². The number of amides is 1. The Hall–Kier alpha value is -2.14. The third-order valence-corrected chi connectivity index (χ3v) is 4.77. The molecule has 0 aliphatic rings. The number of carbonyl (C=O) groups is 1. The molecule has 0 aliphatic carbocycles. The first-order valence-corrected chi connectivity index (χ1v) is 8.59. The zero-order valence-electron chi connectivity index (χ0n) is 14.7. The van der Waals surface area contributed by atoms with Gasteiger partial charge in [0.05, 0.1) is 19.5 Å². The van der Waals surface area contributed by atoms with Crippen LogP contribution in [0.25, 0.3) is 0 Å². The van der Waals surface area contributed by atoms with Crippen LogP contribution in [0.3, 0.4) is 0 Å². The summed E-state index contributed by atoms with van der Waals surface area (Å²) in [6, 6.07) is 11.6. The van der Waals surface area contributed by atoms with Gasteiger partial charge in [-0.05, 0) is 50.6 Å². The van der Waals surface area contributed by atoms with Crippen LogP contribution < -0.4 is 14.8 Å². The van der Waals surface area contributed by atoms with Gasteiger partial charge in [0.1, 0.15) is 0 Å². The number of carbonyl (C=O) groups excluding carboxylic acids is 1. The van der Waals surface area contributed by atoms with Gasteiger partial charge in [0.15, 0.2) is 11.5 Å². The largest absolute Gasteiger partial charge is 0.493 e. The number of rotatable bonds is 6. The van der Waals surface area contributed by atoms with E-state index in [2.05, 4.69) is 11.4 Å². The van der Waals surface area contributed by atoms with E-state index >= 15 is 0 Å². The lowest BCUT2D eigenvalue weighted by molar-refractivity contribution is -0.115. The Morgan fingerprint density at radius 3 is 2.38 bits per heavy atom. The molecule has 1 atom stereocenters. The van der Waals surface area contributed by atoms with Gasteiger partial charge in [0.2, 0.25) is 5.91 Å². The monoisotopic (exact) mass is 345 g/mol. The summed E-state index contributed by atoms with van der Waals surface area (Å²) >= 11 is 1.48. The number of hydrogen-bond donors (Lipinski definition) is 1. The highest BCUT2D eigenvalue weighted by Gasteiger charge is 2.16. The lowest BCUT2D eigenvalue weighted by Gasteiger charge is -2.15. The first kappa shape index (κ1) is 18.2. The molecular formula is C19H23NO3S. The van der Waals surface area contributed by atoms with Gasteiger partial charge in [0, 0.05) is 10.6 Å². The predicted octanol–water partition coefficient (Wildman–Crippen LogP) is 4.44. The minimum absolute atomic E-state index is 0.0262. The van der Waals surface area contributed by atoms with Crippen molar-refractivity contribution in [1.82, 2.24) is 0 Å². The molecule has 1 unspecified atom stereocenters. The van der Waals surface area contributed by atoms with Crippen LogP contribution in [0.1, 0.15) is 18.1 Å². The first-order chi connectivity index (χ1) is 11.4. The number of benzene rings is 2. The Labute approximate surface area is 147 Å². The van der Waals surface area contributed by atoms with Crippen molar-refractivity contribution in [3.05, 3.63) is 47.5 Å². The molecule has 5 heteroatoms. The highest BCUT2D eigenvalue weighted by molar-refractivity contribution is 8.00. The van der Waals surface area contributed by atoms with Crippen LogP contribution in [0.4, 0.5) is 5.69 Å². The van der Waals surface area contributed by atoms with E-state index in [4.69, 9.17) is 9.47 Å². The Kier molecular flexibility index (Phi) is 6.15. The molecule has 2 rings (SSSR count). The summed E-state index contributed by atoms with van der Waals surface area (Å²) in [5, 5.41) is 2.76. The SMILES string of the molecule is COc1ccc(SC(C)C(=O)Nc2ccc(C)cc2C)cc1OC. The zero-order valence-corrected chi connectivity index (χ0v) is 15.5. The maximum absolute atomic E-state index is 12.4. The zero-order chi connectivity index (χ0) is 17.7. The minimum atomic E-state index is -0.233. The number of aryl methyl sites for hydroxylation is 2. The number of nitrogens with one attached hydrogen (secondary N) is 1. The second-order valence-corrected chi connectivity index (χ2v) is 7.00. The molecule has 0 saturated carbocycles. The smallest absolute Gasteiger partial charge is 0.237 e. The van der Waals surface area contributed by atoms with E-state index in [1.165, 1.54) is 17.3 Å². The van der Waals surface area contributed by atoms with Gasteiger partial charge in [-0.15, -0.1) is 11.8 Å². The van der Waals surface area contributed by atoms with E-state index in [1.54, 1.807) is 14.2 Å². The number of anilines is 1. The van der Waals surface area contributed by atoms with E-state index in [0.29, 0.717) is 11.5 Å². The molecule has 128 valence electrons. The van der Waals surface area contributed by atoms with Crippen LogP contribution >= 0.6 is 11.8 Å². The third-order valence-electron chi connectivity index (χ3n) is 3.68. The molecule has 2 aromatic rings. The molecule has 0 saturated heterocycles. The number of hydrogen-bond acceptors (Lipinski definition) is 4. The summed E-state index contributed by atoms with van der Waals surface area (Å²) in [6.45, 7) is 5.92. The fourth-order valence-electron chi connectivity index (χ4n) is 2.34. The molecule has 0 fully saturated rings. The van der Waals surface area contributed by atoms with Gasteiger partial charge in [0.25, 0.3) is 0 Å². The van der Waals surface area contributed by atoms with Gasteiger partial charge >= 0.3 is 0 Å². The summed E-state index contributed by atoms with van der Waals surface area (Å²) < 4.78 is 10.5. The Balaban J connectivity index is 2.06. The summed E-state index contributed by atoms with van der Waals surface area (Å²) in [7, 11) is 3.20. The minimum Gasteiger partial charge on any atom is -0.493 e. The van der Waals surface area contributed by atoms with Crippen molar-refractivity contribution < 1.29 is 14.3 Å². The van der Waals surface area contributed by atoms with Crippen LogP contribution in [-0.4, -0.2) is 25.4 Å². The van der Waals surface area contributed by atoms with Crippen LogP contribution in [0.15, 0.2) is 41.3 Å². The molecule has 4 nitrogen and oxygen atoms in total. The van der Waals surface area contributed by atoms with Crippen molar-refractivity contribution in [1.29, 1.82) is 0 Å². The lowest BCUT2D eigenvalue weighted by Crippen LogP contribution is -2.22. The maximum Gasteiger partial charge on any atom is 0.237 e. The molecule has 2 aromatic carbocycles. The van der Waals surface area contributed by atoms with Crippen molar-refractivity contribution in [2.75, 3.05) is 19.5 Å². The van der Waals surface area contributed by atoms with Crippen LogP contribution in [0, 0.1) is 13.8 Å². The third kappa shape index (κ3) is 4.45. The topological polar surface area (TPSA) is 47.6 Å². The molecule has 0 spiro atoms. The second kappa shape index (κ2) is 8.11. The van der Waals surface area contributed by atoms with Gasteiger partial charge in [-0.2, -0.15) is 0 Å². The fraction of sp³-hybridized carbons (Fsp3) is 0.316. The fourth-order valence-corrected chi connectivity index (χ4v) is 3.23. The quantitative estimate of drug-likeness (QED) is 0.786. The van der Waals surface area contributed by atoms with Crippen molar-refractivity contribution >= 4 is 23.4 Å². The Bertz CT molecular complexity index is 731. The van der Waals surface area contributed by atoms with Gasteiger partial charge in [-0.1, -0.05) is 17.7 Å². The Morgan fingerprint density at radius 2 is 1.75 bits per heavy atom. The standard InChI is InChI=1S/C19H23NO3S/c1-12-6-8-16(13(2)10-12)20-19(21)14(3)24-15-7-9-17(22-4)18(11-15)23-5/h6-11,14H,1-5H3,(H,20,21). The number of thioether (sulfide) groups is 1. The highest BCUT2D eigenvalue weighted by Crippen LogP contribution is 2.33. The summed E-state index contributed by atoms with van der Waals surface area (Å²) in [5.74, 6) is 1.31.